The molecule has 1 saturated carbocycles. The van der Waals surface area contributed by atoms with Crippen LogP contribution in [0.25, 0.3) is 0 Å². The number of carbonyl (C=O) groups excluding carboxylic acids is 2. The summed E-state index contributed by atoms with van der Waals surface area (Å²) in [5.41, 5.74) is 2.15. The number of likely N-dealkylation sites (tertiary alicyclic amines) is 1. The van der Waals surface area contributed by atoms with Crippen LogP contribution in [0.2, 0.25) is 0 Å². The molecule has 0 unspecified atom stereocenters. The first-order valence-electron chi connectivity index (χ1n) is 7.59. The largest absolute Gasteiger partial charge is 0.279 e. The number of benzene rings is 1. The van der Waals surface area contributed by atoms with Crippen molar-refractivity contribution >= 4 is 11.8 Å². The molecule has 1 heterocycles. The molecule has 1 aliphatic heterocycles. The Morgan fingerprint density at radius 1 is 1.00 bits per heavy atom. The second kappa shape index (κ2) is 5.39. The Balaban J connectivity index is 1.80. The van der Waals surface area contributed by atoms with E-state index >= 15 is 0 Å². The maximum absolute atomic E-state index is 12.6. The molecule has 3 rings (SSSR count). The van der Waals surface area contributed by atoms with Gasteiger partial charge in [0.2, 0.25) is 11.8 Å². The number of hydrogen-bond donors (Lipinski definition) is 0. The Hall–Kier alpha value is -1.64. The van der Waals surface area contributed by atoms with Crippen molar-refractivity contribution in [3.05, 3.63) is 35.4 Å². The number of hydrogen-bond acceptors (Lipinski definition) is 2. The molecule has 1 aromatic carbocycles. The minimum absolute atomic E-state index is 0.0192. The number of imide groups is 1. The molecule has 1 saturated heterocycles. The predicted octanol–water partition coefficient (Wildman–Crippen LogP) is 3.17. The van der Waals surface area contributed by atoms with Crippen LogP contribution in [0.15, 0.2) is 24.3 Å². The van der Waals surface area contributed by atoms with Gasteiger partial charge in [0.05, 0.1) is 5.92 Å². The van der Waals surface area contributed by atoms with Crippen LogP contribution in [-0.2, 0) is 9.59 Å². The molecule has 106 valence electrons. The van der Waals surface area contributed by atoms with Gasteiger partial charge in [-0.15, -0.1) is 0 Å². The smallest absolute Gasteiger partial charge is 0.237 e. The second-order valence-electron chi connectivity index (χ2n) is 6.06. The van der Waals surface area contributed by atoms with Crippen molar-refractivity contribution in [2.75, 3.05) is 0 Å². The molecule has 0 spiro atoms. The first-order chi connectivity index (χ1) is 9.66. The average molecular weight is 271 g/mol. The Kier molecular flexibility index (Phi) is 3.60. The molecule has 3 heteroatoms. The summed E-state index contributed by atoms with van der Waals surface area (Å²) in [4.78, 5) is 26.4. The maximum Gasteiger partial charge on any atom is 0.237 e. The SMILES string of the molecule is Cc1ccc([C@H]2CC(=O)N(C3CCCCC3)C2=O)cc1. The van der Waals surface area contributed by atoms with Crippen LogP contribution in [0, 0.1) is 6.92 Å². The molecule has 0 aromatic heterocycles. The van der Waals surface area contributed by atoms with Gasteiger partial charge in [-0.05, 0) is 25.3 Å². The van der Waals surface area contributed by atoms with E-state index < -0.39 is 0 Å². The van der Waals surface area contributed by atoms with Gasteiger partial charge < -0.3 is 0 Å². The normalized spacial score (nSPS) is 24.4. The number of aryl methyl sites for hydroxylation is 1. The van der Waals surface area contributed by atoms with Gasteiger partial charge in [0.25, 0.3) is 0 Å². The van der Waals surface area contributed by atoms with E-state index in [1.807, 2.05) is 31.2 Å². The van der Waals surface area contributed by atoms with Crippen LogP contribution in [-0.4, -0.2) is 22.8 Å². The highest BCUT2D eigenvalue weighted by Crippen LogP contribution is 2.34. The van der Waals surface area contributed by atoms with Gasteiger partial charge in [-0.25, -0.2) is 0 Å². The van der Waals surface area contributed by atoms with Crippen LogP contribution in [0.1, 0.15) is 55.6 Å². The minimum Gasteiger partial charge on any atom is -0.279 e. The lowest BCUT2D eigenvalue weighted by molar-refractivity contribution is -0.142. The zero-order valence-corrected chi connectivity index (χ0v) is 12.0. The van der Waals surface area contributed by atoms with E-state index in [1.54, 1.807) is 4.90 Å². The lowest BCUT2D eigenvalue weighted by Gasteiger charge is -2.29. The fourth-order valence-electron chi connectivity index (χ4n) is 3.43. The fourth-order valence-corrected chi connectivity index (χ4v) is 3.43. The summed E-state index contributed by atoms with van der Waals surface area (Å²) in [5.74, 6) is -0.219. The lowest BCUT2D eigenvalue weighted by Crippen LogP contribution is -2.41. The maximum atomic E-state index is 12.6. The quantitative estimate of drug-likeness (QED) is 0.775. The molecule has 2 aliphatic rings. The fraction of sp³-hybridized carbons (Fsp3) is 0.529. The summed E-state index contributed by atoms with van der Waals surface area (Å²) < 4.78 is 0. The topological polar surface area (TPSA) is 37.4 Å². The highest BCUT2D eigenvalue weighted by atomic mass is 16.2. The second-order valence-corrected chi connectivity index (χ2v) is 6.06. The molecule has 1 aromatic rings. The molecule has 1 aliphatic carbocycles. The third kappa shape index (κ3) is 2.37. The molecule has 0 bridgehead atoms. The van der Waals surface area contributed by atoms with Crippen LogP contribution < -0.4 is 0 Å². The van der Waals surface area contributed by atoms with Gasteiger partial charge in [0.15, 0.2) is 0 Å². The first kappa shape index (κ1) is 13.3. The Bertz CT molecular complexity index is 514. The predicted molar refractivity (Wildman–Crippen MR) is 77.3 cm³/mol. The zero-order valence-electron chi connectivity index (χ0n) is 12.0. The summed E-state index contributed by atoms with van der Waals surface area (Å²) >= 11 is 0. The van der Waals surface area contributed by atoms with Crippen molar-refractivity contribution in [2.45, 2.75) is 57.4 Å². The molecule has 2 amide bonds. The minimum atomic E-state index is -0.259. The summed E-state index contributed by atoms with van der Waals surface area (Å²) in [5, 5.41) is 0. The van der Waals surface area contributed by atoms with Gasteiger partial charge in [-0.1, -0.05) is 49.1 Å². The zero-order chi connectivity index (χ0) is 14.1. The molecule has 0 radical (unpaired) electrons. The van der Waals surface area contributed by atoms with Crippen molar-refractivity contribution < 1.29 is 9.59 Å². The van der Waals surface area contributed by atoms with E-state index in [0.29, 0.717) is 6.42 Å². The number of nitrogens with zero attached hydrogens (tertiary/aromatic N) is 1. The standard InChI is InChI=1S/C17H21NO2/c1-12-7-9-13(10-8-12)15-11-16(19)18(17(15)20)14-5-3-2-4-6-14/h7-10,14-15H,2-6,11H2,1H3/t15-/m1/s1. The van der Waals surface area contributed by atoms with E-state index in [4.69, 9.17) is 0 Å². The van der Waals surface area contributed by atoms with E-state index in [9.17, 15) is 9.59 Å². The third-order valence-corrected chi connectivity index (χ3v) is 4.60. The molecule has 20 heavy (non-hydrogen) atoms. The summed E-state index contributed by atoms with van der Waals surface area (Å²) in [6.07, 6.45) is 5.82. The molecular weight excluding hydrogens is 250 g/mol. The average Bonchev–Trinajstić information content (AvgIpc) is 2.76. The lowest BCUT2D eigenvalue weighted by atomic mass is 9.94. The van der Waals surface area contributed by atoms with E-state index in [-0.39, 0.29) is 23.8 Å². The van der Waals surface area contributed by atoms with Gasteiger partial charge in [0, 0.05) is 12.5 Å². The van der Waals surface area contributed by atoms with E-state index in [0.717, 1.165) is 31.2 Å². The molecule has 0 N–H and O–H groups in total. The van der Waals surface area contributed by atoms with Crippen molar-refractivity contribution in [3.8, 4) is 0 Å². The van der Waals surface area contributed by atoms with Gasteiger partial charge in [0.1, 0.15) is 0 Å². The number of amides is 2. The number of rotatable bonds is 2. The molecule has 1 atom stereocenters. The van der Waals surface area contributed by atoms with Crippen LogP contribution >= 0.6 is 0 Å². The van der Waals surface area contributed by atoms with Crippen molar-refractivity contribution in [1.29, 1.82) is 0 Å². The highest BCUT2D eigenvalue weighted by molar-refractivity contribution is 6.06. The first-order valence-corrected chi connectivity index (χ1v) is 7.59. The highest BCUT2D eigenvalue weighted by Gasteiger charge is 2.42. The van der Waals surface area contributed by atoms with Crippen molar-refractivity contribution in [1.82, 2.24) is 4.90 Å². The number of carbonyl (C=O) groups is 2. The Morgan fingerprint density at radius 2 is 1.65 bits per heavy atom. The molecule has 3 nitrogen and oxygen atoms in total. The van der Waals surface area contributed by atoms with E-state index in [1.165, 1.54) is 12.0 Å². The van der Waals surface area contributed by atoms with E-state index in [2.05, 4.69) is 0 Å². The van der Waals surface area contributed by atoms with Gasteiger partial charge >= 0.3 is 0 Å². The Labute approximate surface area is 120 Å². The van der Waals surface area contributed by atoms with Gasteiger partial charge in [-0.2, -0.15) is 0 Å². The van der Waals surface area contributed by atoms with Crippen molar-refractivity contribution in [3.63, 3.8) is 0 Å². The van der Waals surface area contributed by atoms with Crippen LogP contribution in [0.3, 0.4) is 0 Å². The third-order valence-electron chi connectivity index (χ3n) is 4.60. The summed E-state index contributed by atoms with van der Waals surface area (Å²) in [6, 6.07) is 8.14. The molecule has 2 fully saturated rings. The molecular formula is C17H21NO2. The summed E-state index contributed by atoms with van der Waals surface area (Å²) in [6.45, 7) is 2.03. The van der Waals surface area contributed by atoms with Crippen LogP contribution in [0.4, 0.5) is 0 Å². The summed E-state index contributed by atoms with van der Waals surface area (Å²) in [7, 11) is 0. The Morgan fingerprint density at radius 3 is 2.30 bits per heavy atom. The van der Waals surface area contributed by atoms with Crippen molar-refractivity contribution in [2.24, 2.45) is 0 Å². The van der Waals surface area contributed by atoms with Gasteiger partial charge in [-0.3, -0.25) is 14.5 Å². The van der Waals surface area contributed by atoms with Crippen LogP contribution in [0.5, 0.6) is 0 Å². The monoisotopic (exact) mass is 271 g/mol.